The van der Waals surface area contributed by atoms with Crippen molar-refractivity contribution in [2.75, 3.05) is 7.11 Å². The summed E-state index contributed by atoms with van der Waals surface area (Å²) >= 11 is 0. The minimum atomic E-state index is -0.517. The largest absolute Gasteiger partial charge is 0.497 e. The van der Waals surface area contributed by atoms with Gasteiger partial charge in [-0.15, -0.1) is 0 Å². The van der Waals surface area contributed by atoms with E-state index in [4.69, 9.17) is 4.74 Å². The summed E-state index contributed by atoms with van der Waals surface area (Å²) < 4.78 is 5.26. The van der Waals surface area contributed by atoms with Gasteiger partial charge in [-0.25, -0.2) is 0 Å². The van der Waals surface area contributed by atoms with E-state index in [0.29, 0.717) is 25.8 Å². The van der Waals surface area contributed by atoms with Gasteiger partial charge < -0.3 is 15.0 Å². The number of fused-ring (bicyclic) bond motifs is 1. The van der Waals surface area contributed by atoms with E-state index in [2.05, 4.69) is 29.6 Å². The summed E-state index contributed by atoms with van der Waals surface area (Å²) in [5.41, 5.74) is 2.11. The summed E-state index contributed by atoms with van der Waals surface area (Å²) in [6.07, 6.45) is 2.37. The van der Waals surface area contributed by atoms with Gasteiger partial charge in [0.1, 0.15) is 11.8 Å². The molecule has 0 aliphatic rings. The number of hydrogen-bond acceptors (Lipinski definition) is 3. The molecule has 0 radical (unpaired) electrons. The summed E-state index contributed by atoms with van der Waals surface area (Å²) in [5.74, 6) is 0.651. The van der Waals surface area contributed by atoms with Gasteiger partial charge in [-0.05, 0) is 60.2 Å². The van der Waals surface area contributed by atoms with Crippen molar-refractivity contribution in [1.29, 1.82) is 0 Å². The second-order valence-corrected chi connectivity index (χ2v) is 8.75. The van der Waals surface area contributed by atoms with E-state index < -0.39 is 6.04 Å². The highest BCUT2D eigenvalue weighted by Crippen LogP contribution is 2.22. The standard InChI is InChI=1S/C29H36N2O3/c1-5-21(3)30-29(33)27(6-2)31(20-22-14-17-25(34-4)18-15-22)28(32)19-16-24-12-9-11-23-10-7-8-13-26(23)24/h7-15,17-18,21,27H,5-6,16,19-20H2,1-4H3,(H,30,33)/t21-,27-/m0/s1. The third kappa shape index (κ3) is 6.37. The molecule has 0 saturated carbocycles. The van der Waals surface area contributed by atoms with Crippen LogP contribution in [0.3, 0.4) is 0 Å². The van der Waals surface area contributed by atoms with Crippen LogP contribution in [0.1, 0.15) is 51.2 Å². The van der Waals surface area contributed by atoms with Crippen molar-refractivity contribution in [3.05, 3.63) is 77.9 Å². The molecule has 0 fully saturated rings. The number of amides is 2. The van der Waals surface area contributed by atoms with E-state index in [-0.39, 0.29) is 17.9 Å². The fourth-order valence-corrected chi connectivity index (χ4v) is 4.18. The van der Waals surface area contributed by atoms with Crippen LogP contribution in [0, 0.1) is 0 Å². The van der Waals surface area contributed by atoms with Gasteiger partial charge in [0, 0.05) is 19.0 Å². The Morgan fingerprint density at radius 1 is 0.941 bits per heavy atom. The number of methoxy groups -OCH3 is 1. The molecule has 0 unspecified atom stereocenters. The van der Waals surface area contributed by atoms with Gasteiger partial charge in [-0.1, -0.05) is 68.4 Å². The number of carbonyl (C=O) groups excluding carboxylic acids is 2. The highest BCUT2D eigenvalue weighted by atomic mass is 16.5. The van der Waals surface area contributed by atoms with Gasteiger partial charge in [0.15, 0.2) is 0 Å². The molecule has 3 rings (SSSR count). The van der Waals surface area contributed by atoms with Crippen LogP contribution in [0.15, 0.2) is 66.7 Å². The average molecular weight is 461 g/mol. The van der Waals surface area contributed by atoms with Gasteiger partial charge >= 0.3 is 0 Å². The maximum Gasteiger partial charge on any atom is 0.243 e. The molecule has 0 heterocycles. The summed E-state index contributed by atoms with van der Waals surface area (Å²) in [5, 5.41) is 5.40. The molecule has 5 nitrogen and oxygen atoms in total. The quantitative estimate of drug-likeness (QED) is 0.411. The van der Waals surface area contributed by atoms with Gasteiger partial charge in [0.05, 0.1) is 7.11 Å². The molecule has 3 aromatic carbocycles. The van der Waals surface area contributed by atoms with Crippen LogP contribution >= 0.6 is 0 Å². The first kappa shape index (κ1) is 25.3. The molecule has 0 spiro atoms. The number of hydrogen-bond donors (Lipinski definition) is 1. The summed E-state index contributed by atoms with van der Waals surface area (Å²) in [6.45, 7) is 6.36. The molecular formula is C29H36N2O3. The van der Waals surface area contributed by atoms with E-state index in [0.717, 1.165) is 23.3 Å². The lowest BCUT2D eigenvalue weighted by molar-refractivity contribution is -0.141. The SMILES string of the molecule is CC[C@H](C)NC(=O)[C@H](CC)N(Cc1ccc(OC)cc1)C(=O)CCc1cccc2ccccc12. The van der Waals surface area contributed by atoms with Crippen LogP contribution < -0.4 is 10.1 Å². The Kier molecular flexibility index (Phi) is 9.08. The number of nitrogens with one attached hydrogen (secondary N) is 1. The zero-order valence-electron chi connectivity index (χ0n) is 20.7. The summed E-state index contributed by atoms with van der Waals surface area (Å²) in [7, 11) is 1.63. The van der Waals surface area contributed by atoms with E-state index in [9.17, 15) is 9.59 Å². The van der Waals surface area contributed by atoms with E-state index in [1.165, 1.54) is 10.8 Å². The number of ether oxygens (including phenoxy) is 1. The molecule has 2 atom stereocenters. The smallest absolute Gasteiger partial charge is 0.243 e. The first-order valence-corrected chi connectivity index (χ1v) is 12.2. The maximum atomic E-state index is 13.6. The highest BCUT2D eigenvalue weighted by Gasteiger charge is 2.29. The average Bonchev–Trinajstić information content (AvgIpc) is 2.87. The Morgan fingerprint density at radius 2 is 1.65 bits per heavy atom. The van der Waals surface area contributed by atoms with Crippen LogP contribution in [0.4, 0.5) is 0 Å². The third-order valence-electron chi connectivity index (χ3n) is 6.39. The minimum absolute atomic E-state index is 0.0186. The molecule has 0 bridgehead atoms. The predicted octanol–water partition coefficient (Wildman–Crippen LogP) is 5.50. The Bertz CT molecular complexity index is 1090. The van der Waals surface area contributed by atoms with Crippen LogP contribution in [-0.4, -0.2) is 35.9 Å². The molecule has 0 saturated heterocycles. The Hall–Kier alpha value is -3.34. The maximum absolute atomic E-state index is 13.6. The third-order valence-corrected chi connectivity index (χ3v) is 6.39. The van der Waals surface area contributed by atoms with Gasteiger partial charge in [-0.3, -0.25) is 9.59 Å². The molecule has 5 heteroatoms. The van der Waals surface area contributed by atoms with Crippen molar-refractivity contribution >= 4 is 22.6 Å². The van der Waals surface area contributed by atoms with Crippen LogP contribution in [-0.2, 0) is 22.6 Å². The first-order valence-electron chi connectivity index (χ1n) is 12.2. The van der Waals surface area contributed by atoms with Crippen LogP contribution in [0.5, 0.6) is 5.75 Å². The molecule has 1 N–H and O–H groups in total. The number of benzene rings is 3. The molecule has 34 heavy (non-hydrogen) atoms. The van der Waals surface area contributed by atoms with E-state index in [1.54, 1.807) is 12.0 Å². The summed E-state index contributed by atoms with van der Waals surface area (Å²) in [4.78, 5) is 28.4. The lowest BCUT2D eigenvalue weighted by atomic mass is 10.00. The minimum Gasteiger partial charge on any atom is -0.497 e. The van der Waals surface area contributed by atoms with Crippen molar-refractivity contribution in [2.45, 2.75) is 65.1 Å². The lowest BCUT2D eigenvalue weighted by Crippen LogP contribution is -2.50. The second-order valence-electron chi connectivity index (χ2n) is 8.75. The van der Waals surface area contributed by atoms with Crippen molar-refractivity contribution in [1.82, 2.24) is 10.2 Å². The Morgan fingerprint density at radius 3 is 2.32 bits per heavy atom. The lowest BCUT2D eigenvalue weighted by Gasteiger charge is -2.31. The number of rotatable bonds is 11. The molecule has 180 valence electrons. The predicted molar refractivity (Wildman–Crippen MR) is 138 cm³/mol. The number of carbonyl (C=O) groups is 2. The Balaban J connectivity index is 1.82. The van der Waals surface area contributed by atoms with Gasteiger partial charge in [0.25, 0.3) is 0 Å². The van der Waals surface area contributed by atoms with E-state index in [1.807, 2.05) is 63.2 Å². The summed E-state index contributed by atoms with van der Waals surface area (Å²) in [6, 6.07) is 21.6. The zero-order valence-corrected chi connectivity index (χ0v) is 20.7. The van der Waals surface area contributed by atoms with Crippen molar-refractivity contribution in [2.24, 2.45) is 0 Å². The van der Waals surface area contributed by atoms with Crippen LogP contribution in [0.2, 0.25) is 0 Å². The second kappa shape index (κ2) is 12.2. The zero-order chi connectivity index (χ0) is 24.5. The number of nitrogens with zero attached hydrogens (tertiary/aromatic N) is 1. The molecule has 0 aromatic heterocycles. The van der Waals surface area contributed by atoms with Crippen LogP contribution in [0.25, 0.3) is 10.8 Å². The molecule has 0 aliphatic heterocycles. The fourth-order valence-electron chi connectivity index (χ4n) is 4.18. The molecule has 2 amide bonds. The highest BCUT2D eigenvalue weighted by molar-refractivity contribution is 5.89. The van der Waals surface area contributed by atoms with E-state index >= 15 is 0 Å². The molecule has 0 aliphatic carbocycles. The first-order chi connectivity index (χ1) is 16.5. The molecular weight excluding hydrogens is 424 g/mol. The topological polar surface area (TPSA) is 58.6 Å². The Labute approximate surface area is 203 Å². The molecule has 3 aromatic rings. The van der Waals surface area contributed by atoms with Gasteiger partial charge in [-0.2, -0.15) is 0 Å². The van der Waals surface area contributed by atoms with Crippen molar-refractivity contribution in [3.8, 4) is 5.75 Å². The van der Waals surface area contributed by atoms with Gasteiger partial charge in [0.2, 0.25) is 11.8 Å². The van der Waals surface area contributed by atoms with Crippen molar-refractivity contribution in [3.63, 3.8) is 0 Å². The fraction of sp³-hybridized carbons (Fsp3) is 0.379. The van der Waals surface area contributed by atoms with Crippen molar-refractivity contribution < 1.29 is 14.3 Å². The number of aryl methyl sites for hydroxylation is 1. The normalized spacial score (nSPS) is 12.7. The monoisotopic (exact) mass is 460 g/mol.